The van der Waals surface area contributed by atoms with Gasteiger partial charge >= 0.3 is 0 Å². The standard InChI is InChI=1S/C14H16ClN5O/c1-8-16-7-9-10(17-8)4-3-5-11(9)18-14(21)12-6-13(15)20(2)19-12/h6-7,11H,3-5H2,1-2H3,(H,18,21)/t11-/m1/s1. The number of carbonyl (C=O) groups is 1. The Morgan fingerprint density at radius 2 is 2.33 bits per heavy atom. The first kappa shape index (κ1) is 14.0. The number of rotatable bonds is 2. The van der Waals surface area contributed by atoms with Gasteiger partial charge in [-0.15, -0.1) is 0 Å². The van der Waals surface area contributed by atoms with Crippen molar-refractivity contribution in [3.63, 3.8) is 0 Å². The monoisotopic (exact) mass is 305 g/mol. The molecule has 3 rings (SSSR count). The topological polar surface area (TPSA) is 72.7 Å². The van der Waals surface area contributed by atoms with Crippen LogP contribution in [0.3, 0.4) is 0 Å². The molecular formula is C14H16ClN5O. The molecule has 1 N–H and O–H groups in total. The molecule has 1 aliphatic rings. The van der Waals surface area contributed by atoms with Crippen LogP contribution in [0.25, 0.3) is 0 Å². The summed E-state index contributed by atoms with van der Waals surface area (Å²) in [6, 6.07) is 1.49. The fourth-order valence-electron chi connectivity index (χ4n) is 2.58. The molecule has 7 heteroatoms. The van der Waals surface area contributed by atoms with Crippen LogP contribution in [0.1, 0.15) is 46.5 Å². The summed E-state index contributed by atoms with van der Waals surface area (Å²) < 4.78 is 1.47. The van der Waals surface area contributed by atoms with Crippen molar-refractivity contribution in [2.75, 3.05) is 0 Å². The molecule has 0 fully saturated rings. The van der Waals surface area contributed by atoms with Crippen LogP contribution >= 0.6 is 11.6 Å². The summed E-state index contributed by atoms with van der Waals surface area (Å²) in [5, 5.41) is 7.52. The van der Waals surface area contributed by atoms with Crippen LogP contribution in [-0.2, 0) is 13.5 Å². The largest absolute Gasteiger partial charge is 0.344 e. The fourth-order valence-corrected chi connectivity index (χ4v) is 2.73. The summed E-state index contributed by atoms with van der Waals surface area (Å²) in [6.45, 7) is 1.87. The highest BCUT2D eigenvalue weighted by atomic mass is 35.5. The SMILES string of the molecule is Cc1ncc2c(n1)CCC[C@H]2NC(=O)c1cc(Cl)n(C)n1. The average Bonchev–Trinajstić information content (AvgIpc) is 2.79. The van der Waals surface area contributed by atoms with Crippen molar-refractivity contribution >= 4 is 17.5 Å². The summed E-state index contributed by atoms with van der Waals surface area (Å²) in [5.41, 5.74) is 2.35. The average molecular weight is 306 g/mol. The maximum absolute atomic E-state index is 12.3. The zero-order valence-corrected chi connectivity index (χ0v) is 12.7. The van der Waals surface area contributed by atoms with Gasteiger partial charge in [-0.2, -0.15) is 5.10 Å². The van der Waals surface area contributed by atoms with Gasteiger partial charge < -0.3 is 5.32 Å². The molecule has 1 aliphatic carbocycles. The fraction of sp³-hybridized carbons (Fsp3) is 0.429. The Bertz CT molecular complexity index is 677. The highest BCUT2D eigenvalue weighted by Gasteiger charge is 2.24. The number of aromatic nitrogens is 4. The highest BCUT2D eigenvalue weighted by Crippen LogP contribution is 2.28. The van der Waals surface area contributed by atoms with Crippen LogP contribution in [0.5, 0.6) is 0 Å². The molecular weight excluding hydrogens is 290 g/mol. The van der Waals surface area contributed by atoms with Crippen molar-refractivity contribution < 1.29 is 4.79 Å². The van der Waals surface area contributed by atoms with Gasteiger partial charge in [0.1, 0.15) is 11.0 Å². The maximum Gasteiger partial charge on any atom is 0.272 e. The van der Waals surface area contributed by atoms with Gasteiger partial charge in [0, 0.05) is 30.6 Å². The number of carbonyl (C=O) groups excluding carboxylic acids is 1. The second-order valence-corrected chi connectivity index (χ2v) is 5.60. The normalized spacial score (nSPS) is 17.4. The van der Waals surface area contributed by atoms with Gasteiger partial charge in [-0.05, 0) is 26.2 Å². The number of fused-ring (bicyclic) bond motifs is 1. The first-order valence-electron chi connectivity index (χ1n) is 6.87. The van der Waals surface area contributed by atoms with Crippen molar-refractivity contribution in [3.05, 3.63) is 40.2 Å². The maximum atomic E-state index is 12.3. The van der Waals surface area contributed by atoms with Crippen molar-refractivity contribution in [1.29, 1.82) is 0 Å². The molecule has 0 bridgehead atoms. The van der Waals surface area contributed by atoms with Crippen molar-refractivity contribution in [2.45, 2.75) is 32.2 Å². The van der Waals surface area contributed by atoms with Crippen LogP contribution in [0.15, 0.2) is 12.3 Å². The van der Waals surface area contributed by atoms with E-state index in [1.165, 1.54) is 4.68 Å². The highest BCUT2D eigenvalue weighted by molar-refractivity contribution is 6.29. The number of nitrogens with one attached hydrogen (secondary N) is 1. The smallest absolute Gasteiger partial charge is 0.272 e. The number of hydrogen-bond acceptors (Lipinski definition) is 4. The molecule has 1 amide bonds. The molecule has 1 atom stereocenters. The second-order valence-electron chi connectivity index (χ2n) is 5.21. The summed E-state index contributed by atoms with van der Waals surface area (Å²) in [4.78, 5) is 21.0. The van der Waals surface area contributed by atoms with E-state index in [1.807, 2.05) is 13.1 Å². The molecule has 21 heavy (non-hydrogen) atoms. The van der Waals surface area contributed by atoms with Crippen LogP contribution < -0.4 is 5.32 Å². The molecule has 0 unspecified atom stereocenters. The third-order valence-electron chi connectivity index (χ3n) is 3.66. The van der Waals surface area contributed by atoms with E-state index in [0.29, 0.717) is 10.8 Å². The lowest BCUT2D eigenvalue weighted by Gasteiger charge is -2.25. The lowest BCUT2D eigenvalue weighted by Crippen LogP contribution is -2.32. The van der Waals surface area contributed by atoms with Gasteiger partial charge in [0.15, 0.2) is 5.69 Å². The number of nitrogens with zero attached hydrogens (tertiary/aromatic N) is 4. The Balaban J connectivity index is 1.81. The molecule has 0 aliphatic heterocycles. The van der Waals surface area contributed by atoms with Gasteiger partial charge in [0.05, 0.1) is 6.04 Å². The molecule has 0 saturated carbocycles. The Kier molecular flexibility index (Phi) is 3.63. The van der Waals surface area contributed by atoms with E-state index in [-0.39, 0.29) is 11.9 Å². The molecule has 2 aromatic heterocycles. The van der Waals surface area contributed by atoms with E-state index in [9.17, 15) is 4.79 Å². The first-order chi connectivity index (χ1) is 10.0. The lowest BCUT2D eigenvalue weighted by atomic mass is 9.92. The van der Waals surface area contributed by atoms with Gasteiger partial charge in [-0.1, -0.05) is 11.6 Å². The van der Waals surface area contributed by atoms with E-state index in [1.54, 1.807) is 13.1 Å². The Morgan fingerprint density at radius 1 is 1.52 bits per heavy atom. The molecule has 2 heterocycles. The third kappa shape index (κ3) is 2.76. The van der Waals surface area contributed by atoms with E-state index < -0.39 is 0 Å². The van der Waals surface area contributed by atoms with Crippen molar-refractivity contribution in [1.82, 2.24) is 25.1 Å². The van der Waals surface area contributed by atoms with Crippen molar-refractivity contribution in [3.8, 4) is 0 Å². The zero-order valence-electron chi connectivity index (χ0n) is 11.9. The summed E-state index contributed by atoms with van der Waals surface area (Å²) in [5.74, 6) is 0.535. The quantitative estimate of drug-likeness (QED) is 0.921. The second kappa shape index (κ2) is 5.44. The van der Waals surface area contributed by atoms with E-state index in [2.05, 4.69) is 20.4 Å². The predicted octanol–water partition coefficient (Wildman–Crippen LogP) is 1.98. The van der Waals surface area contributed by atoms with E-state index in [4.69, 9.17) is 11.6 Å². The van der Waals surface area contributed by atoms with Gasteiger partial charge in [0.2, 0.25) is 0 Å². The zero-order chi connectivity index (χ0) is 15.0. The molecule has 110 valence electrons. The lowest BCUT2D eigenvalue weighted by molar-refractivity contribution is 0.0926. The molecule has 0 aromatic carbocycles. The van der Waals surface area contributed by atoms with Crippen LogP contribution in [0.2, 0.25) is 5.15 Å². The summed E-state index contributed by atoms with van der Waals surface area (Å²) >= 11 is 5.92. The van der Waals surface area contributed by atoms with Crippen LogP contribution in [-0.4, -0.2) is 25.7 Å². The van der Waals surface area contributed by atoms with Gasteiger partial charge in [0.25, 0.3) is 5.91 Å². The molecule has 2 aromatic rings. The molecule has 0 saturated heterocycles. The number of halogens is 1. The Hall–Kier alpha value is -1.95. The predicted molar refractivity (Wildman–Crippen MR) is 78.1 cm³/mol. The Labute approximate surface area is 127 Å². The minimum absolute atomic E-state index is 0.0670. The van der Waals surface area contributed by atoms with Crippen LogP contribution in [0, 0.1) is 6.92 Å². The summed E-state index contributed by atoms with van der Waals surface area (Å²) in [6.07, 6.45) is 4.62. The molecule has 6 nitrogen and oxygen atoms in total. The van der Waals surface area contributed by atoms with Gasteiger partial charge in [-0.25, -0.2) is 9.97 Å². The van der Waals surface area contributed by atoms with E-state index in [0.717, 1.165) is 36.3 Å². The van der Waals surface area contributed by atoms with Gasteiger partial charge in [-0.3, -0.25) is 9.48 Å². The summed E-state index contributed by atoms with van der Waals surface area (Å²) in [7, 11) is 1.70. The number of amides is 1. The molecule has 0 spiro atoms. The number of aryl methyl sites for hydroxylation is 3. The minimum atomic E-state index is -0.226. The first-order valence-corrected chi connectivity index (χ1v) is 7.25. The number of hydrogen-bond donors (Lipinski definition) is 1. The van der Waals surface area contributed by atoms with Crippen LogP contribution in [0.4, 0.5) is 0 Å². The van der Waals surface area contributed by atoms with Crippen molar-refractivity contribution in [2.24, 2.45) is 7.05 Å². The minimum Gasteiger partial charge on any atom is -0.344 e. The third-order valence-corrected chi connectivity index (χ3v) is 4.02. The van der Waals surface area contributed by atoms with E-state index >= 15 is 0 Å². The Morgan fingerprint density at radius 3 is 3.05 bits per heavy atom. The molecule has 0 radical (unpaired) electrons.